The second-order valence-corrected chi connectivity index (χ2v) is 9.32. The number of benzene rings is 2. The predicted octanol–water partition coefficient (Wildman–Crippen LogP) is 4.84. The first kappa shape index (κ1) is 23.1. The van der Waals surface area contributed by atoms with Crippen LogP contribution in [0.5, 0.6) is 17.5 Å². The summed E-state index contributed by atoms with van der Waals surface area (Å²) in [7, 11) is 0. The maximum atomic E-state index is 10.5. The van der Waals surface area contributed by atoms with Crippen LogP contribution in [0.3, 0.4) is 0 Å². The zero-order chi connectivity index (χ0) is 23.5. The van der Waals surface area contributed by atoms with Gasteiger partial charge in [-0.25, -0.2) is 4.57 Å². The van der Waals surface area contributed by atoms with Crippen LogP contribution in [0.4, 0.5) is 0 Å². The highest BCUT2D eigenvalue weighted by Crippen LogP contribution is 2.38. The first-order valence-electron chi connectivity index (χ1n) is 11.9. The van der Waals surface area contributed by atoms with Gasteiger partial charge in [-0.1, -0.05) is 38.0 Å². The molecule has 4 rings (SSSR count). The SMILES string of the molecule is CCN1CCC(CCc2ccc(-n3c(O)nnc3-c3cc(C(C)C)c(O)cc3O)cc2)CC1. The minimum Gasteiger partial charge on any atom is -0.508 e. The van der Waals surface area contributed by atoms with Gasteiger partial charge in [-0.3, -0.25) is 0 Å². The Morgan fingerprint density at radius 1 is 0.970 bits per heavy atom. The van der Waals surface area contributed by atoms with E-state index in [1.807, 2.05) is 26.0 Å². The van der Waals surface area contributed by atoms with Gasteiger partial charge in [0.15, 0.2) is 5.82 Å². The number of phenolic OH excluding ortho intramolecular Hbond substituents is 2. The maximum Gasteiger partial charge on any atom is 0.319 e. The van der Waals surface area contributed by atoms with Crippen molar-refractivity contribution in [3.63, 3.8) is 0 Å². The molecule has 176 valence electrons. The smallest absolute Gasteiger partial charge is 0.319 e. The molecule has 0 spiro atoms. The summed E-state index contributed by atoms with van der Waals surface area (Å²) in [5.74, 6) is 1.08. The Labute approximate surface area is 195 Å². The Morgan fingerprint density at radius 2 is 1.67 bits per heavy atom. The molecule has 0 amide bonds. The van der Waals surface area contributed by atoms with Gasteiger partial charge in [0, 0.05) is 6.07 Å². The molecule has 0 atom stereocenters. The van der Waals surface area contributed by atoms with Crippen molar-refractivity contribution in [3.05, 3.63) is 47.5 Å². The number of aromatic hydroxyl groups is 3. The monoisotopic (exact) mass is 450 g/mol. The van der Waals surface area contributed by atoms with E-state index in [2.05, 4.69) is 34.2 Å². The van der Waals surface area contributed by atoms with E-state index in [0.717, 1.165) is 18.9 Å². The van der Waals surface area contributed by atoms with Crippen molar-refractivity contribution in [2.24, 2.45) is 5.92 Å². The summed E-state index contributed by atoms with van der Waals surface area (Å²) in [5.41, 5.74) is 3.08. The average Bonchev–Trinajstić information content (AvgIpc) is 3.19. The standard InChI is InChI=1S/C26H34N4O3/c1-4-29-13-11-19(12-14-29)6-5-18-7-9-20(10-8-18)30-25(27-28-26(30)33)22-15-21(17(2)3)23(31)16-24(22)32/h7-10,15-17,19,31-32H,4-6,11-14H2,1-3H3,(H,28,33). The van der Waals surface area contributed by atoms with Gasteiger partial charge in [0.05, 0.1) is 11.3 Å². The molecule has 2 heterocycles. The quantitative estimate of drug-likeness (QED) is 0.477. The van der Waals surface area contributed by atoms with Crippen molar-refractivity contribution in [1.29, 1.82) is 0 Å². The number of hydrogen-bond acceptors (Lipinski definition) is 6. The van der Waals surface area contributed by atoms with Gasteiger partial charge in [-0.2, -0.15) is 0 Å². The number of phenols is 2. The summed E-state index contributed by atoms with van der Waals surface area (Å²) in [5, 5.41) is 39.0. The zero-order valence-corrected chi connectivity index (χ0v) is 19.7. The lowest BCUT2D eigenvalue weighted by atomic mass is 9.90. The molecule has 1 aliphatic rings. The Hall–Kier alpha value is -3.06. The van der Waals surface area contributed by atoms with E-state index < -0.39 is 0 Å². The van der Waals surface area contributed by atoms with Gasteiger partial charge in [0.2, 0.25) is 0 Å². The molecular weight excluding hydrogens is 416 g/mol. The summed E-state index contributed by atoms with van der Waals surface area (Å²) < 4.78 is 1.51. The summed E-state index contributed by atoms with van der Waals surface area (Å²) in [6.07, 6.45) is 4.78. The second kappa shape index (κ2) is 9.83. The second-order valence-electron chi connectivity index (χ2n) is 9.32. The minimum absolute atomic E-state index is 0.0336. The third-order valence-corrected chi connectivity index (χ3v) is 6.84. The number of aryl methyl sites for hydroxylation is 1. The van der Waals surface area contributed by atoms with Gasteiger partial charge in [0.25, 0.3) is 0 Å². The molecule has 33 heavy (non-hydrogen) atoms. The predicted molar refractivity (Wildman–Crippen MR) is 129 cm³/mol. The fraction of sp³-hybridized carbons (Fsp3) is 0.462. The van der Waals surface area contributed by atoms with Gasteiger partial charge in [-0.05, 0) is 86.5 Å². The largest absolute Gasteiger partial charge is 0.508 e. The Kier molecular flexibility index (Phi) is 6.88. The normalized spacial score (nSPS) is 15.4. The van der Waals surface area contributed by atoms with Crippen LogP contribution in [0, 0.1) is 5.92 Å². The van der Waals surface area contributed by atoms with E-state index in [-0.39, 0.29) is 23.4 Å². The van der Waals surface area contributed by atoms with E-state index in [9.17, 15) is 15.3 Å². The van der Waals surface area contributed by atoms with E-state index >= 15 is 0 Å². The highest BCUT2D eigenvalue weighted by Gasteiger charge is 2.21. The summed E-state index contributed by atoms with van der Waals surface area (Å²) in [6.45, 7) is 9.71. The molecule has 7 nitrogen and oxygen atoms in total. The summed E-state index contributed by atoms with van der Waals surface area (Å²) in [4.78, 5) is 2.52. The van der Waals surface area contributed by atoms with Crippen molar-refractivity contribution in [2.45, 2.75) is 52.4 Å². The van der Waals surface area contributed by atoms with Crippen molar-refractivity contribution >= 4 is 0 Å². The van der Waals surface area contributed by atoms with Crippen molar-refractivity contribution in [3.8, 4) is 34.6 Å². The van der Waals surface area contributed by atoms with Gasteiger partial charge >= 0.3 is 6.01 Å². The van der Waals surface area contributed by atoms with Crippen molar-refractivity contribution in [2.75, 3.05) is 19.6 Å². The lowest BCUT2D eigenvalue weighted by Gasteiger charge is -2.31. The average molecular weight is 451 g/mol. The molecule has 1 fully saturated rings. The molecule has 1 aliphatic heterocycles. The topological polar surface area (TPSA) is 94.6 Å². The molecule has 3 aromatic rings. The first-order valence-corrected chi connectivity index (χ1v) is 11.9. The number of rotatable bonds is 7. The number of likely N-dealkylation sites (tertiary alicyclic amines) is 1. The van der Waals surface area contributed by atoms with Crippen LogP contribution in [0.15, 0.2) is 36.4 Å². The number of aromatic nitrogens is 3. The molecule has 2 aromatic carbocycles. The number of hydrogen-bond donors (Lipinski definition) is 3. The molecule has 7 heteroatoms. The fourth-order valence-electron chi connectivity index (χ4n) is 4.70. The first-order chi connectivity index (χ1) is 15.9. The van der Waals surface area contributed by atoms with Crippen LogP contribution >= 0.6 is 0 Å². The van der Waals surface area contributed by atoms with E-state index in [1.165, 1.54) is 48.5 Å². The molecule has 0 radical (unpaired) electrons. The number of nitrogens with zero attached hydrogens (tertiary/aromatic N) is 4. The van der Waals surface area contributed by atoms with Gasteiger partial charge < -0.3 is 20.2 Å². The van der Waals surface area contributed by atoms with E-state index in [1.54, 1.807) is 6.07 Å². The highest BCUT2D eigenvalue weighted by molar-refractivity contribution is 5.69. The van der Waals surface area contributed by atoms with Crippen LogP contribution < -0.4 is 0 Å². The Bertz CT molecular complexity index is 1080. The molecule has 1 saturated heterocycles. The molecular formula is C26H34N4O3. The van der Waals surface area contributed by atoms with Crippen LogP contribution in [0.2, 0.25) is 0 Å². The molecule has 1 aromatic heterocycles. The lowest BCUT2D eigenvalue weighted by Crippen LogP contribution is -2.33. The van der Waals surface area contributed by atoms with Crippen LogP contribution in [-0.4, -0.2) is 54.6 Å². The van der Waals surface area contributed by atoms with E-state index in [0.29, 0.717) is 22.6 Å². The number of piperidine rings is 1. The third-order valence-electron chi connectivity index (χ3n) is 6.84. The Balaban J connectivity index is 1.53. The molecule has 0 bridgehead atoms. The van der Waals surface area contributed by atoms with Crippen LogP contribution in [0.25, 0.3) is 17.1 Å². The Morgan fingerprint density at radius 3 is 2.30 bits per heavy atom. The summed E-state index contributed by atoms with van der Waals surface area (Å²) >= 11 is 0. The van der Waals surface area contributed by atoms with Crippen molar-refractivity contribution in [1.82, 2.24) is 19.7 Å². The summed E-state index contributed by atoms with van der Waals surface area (Å²) in [6, 6.07) is 10.8. The lowest BCUT2D eigenvalue weighted by molar-refractivity contribution is 0.187. The minimum atomic E-state index is -0.251. The molecule has 0 aliphatic carbocycles. The molecule has 3 N–H and O–H groups in total. The van der Waals surface area contributed by atoms with Crippen LogP contribution in [0.1, 0.15) is 57.1 Å². The van der Waals surface area contributed by atoms with Crippen LogP contribution in [-0.2, 0) is 6.42 Å². The fourth-order valence-corrected chi connectivity index (χ4v) is 4.70. The molecule has 0 unspecified atom stereocenters. The van der Waals surface area contributed by atoms with Gasteiger partial charge in [0.1, 0.15) is 11.5 Å². The third kappa shape index (κ3) is 4.98. The van der Waals surface area contributed by atoms with E-state index in [4.69, 9.17) is 0 Å². The zero-order valence-electron chi connectivity index (χ0n) is 19.7. The molecule has 0 saturated carbocycles. The maximum absolute atomic E-state index is 10.5. The van der Waals surface area contributed by atoms with Gasteiger partial charge in [-0.15, -0.1) is 5.10 Å². The van der Waals surface area contributed by atoms with Crippen molar-refractivity contribution < 1.29 is 15.3 Å². The highest BCUT2D eigenvalue weighted by atomic mass is 16.3.